The van der Waals surface area contributed by atoms with Gasteiger partial charge in [-0.2, -0.15) is 0 Å². The van der Waals surface area contributed by atoms with Gasteiger partial charge < -0.3 is 20.5 Å². The van der Waals surface area contributed by atoms with E-state index in [2.05, 4.69) is 10.3 Å². The third-order valence-corrected chi connectivity index (χ3v) is 4.84. The number of primary amides is 1. The van der Waals surface area contributed by atoms with Crippen LogP contribution < -0.4 is 20.5 Å². The summed E-state index contributed by atoms with van der Waals surface area (Å²) in [7, 11) is 1.49. The molecule has 2 aromatic carbocycles. The molecule has 4 rings (SSSR count). The molecular weight excluding hydrogens is 391 g/mol. The lowest BCUT2D eigenvalue weighted by molar-refractivity contribution is -0.120. The number of halogens is 1. The Labute approximate surface area is 171 Å². The Hall–Kier alpha value is -3.88. The number of hydrogen-bond acceptors (Lipinski definition) is 5. The molecule has 0 spiro atoms. The molecule has 154 valence electrons. The van der Waals surface area contributed by atoms with Crippen LogP contribution in [0.2, 0.25) is 0 Å². The summed E-state index contributed by atoms with van der Waals surface area (Å²) in [5, 5.41) is 2.85. The van der Waals surface area contributed by atoms with Gasteiger partial charge in [0.05, 0.1) is 12.8 Å². The molecule has 1 aliphatic rings. The summed E-state index contributed by atoms with van der Waals surface area (Å²) in [6.07, 6.45) is 1.78. The van der Waals surface area contributed by atoms with Gasteiger partial charge in [-0.1, -0.05) is 6.07 Å². The molecule has 1 atom stereocenters. The van der Waals surface area contributed by atoms with E-state index in [-0.39, 0.29) is 30.7 Å². The molecule has 0 saturated heterocycles. The van der Waals surface area contributed by atoms with Crippen molar-refractivity contribution in [3.05, 3.63) is 65.9 Å². The Bertz CT molecular complexity index is 1110. The number of nitrogens with two attached hydrogens (primary N) is 1. The van der Waals surface area contributed by atoms with Gasteiger partial charge >= 0.3 is 0 Å². The number of aromatic nitrogens is 2. The van der Waals surface area contributed by atoms with Gasteiger partial charge in [0.2, 0.25) is 5.91 Å². The van der Waals surface area contributed by atoms with Gasteiger partial charge in [0, 0.05) is 18.0 Å². The van der Waals surface area contributed by atoms with Crippen LogP contribution in [-0.4, -0.2) is 35.1 Å². The van der Waals surface area contributed by atoms with Crippen LogP contribution in [0.1, 0.15) is 23.6 Å². The fourth-order valence-electron chi connectivity index (χ4n) is 3.45. The zero-order chi connectivity index (χ0) is 21.3. The maximum Gasteiger partial charge on any atom is 0.255 e. The van der Waals surface area contributed by atoms with Crippen LogP contribution in [0.25, 0.3) is 5.69 Å². The SMILES string of the molecule is COc1ccc(C2CC(=O)Nc3c2ncn3-c2ccc(F)cc2)cc1OCC(N)=O. The molecule has 0 aliphatic carbocycles. The minimum absolute atomic E-state index is 0.174. The minimum Gasteiger partial charge on any atom is -0.493 e. The molecule has 1 aromatic heterocycles. The molecule has 3 N–H and O–H groups in total. The number of rotatable bonds is 6. The first-order chi connectivity index (χ1) is 14.5. The number of hydrogen-bond donors (Lipinski definition) is 2. The number of fused-ring (bicyclic) bond motifs is 1. The quantitative estimate of drug-likeness (QED) is 0.649. The van der Waals surface area contributed by atoms with E-state index in [1.165, 1.54) is 19.2 Å². The summed E-state index contributed by atoms with van der Waals surface area (Å²) in [5.74, 6) is -0.157. The van der Waals surface area contributed by atoms with Gasteiger partial charge in [0.25, 0.3) is 5.91 Å². The second-order valence-corrected chi connectivity index (χ2v) is 6.80. The highest BCUT2D eigenvalue weighted by Crippen LogP contribution is 2.40. The maximum absolute atomic E-state index is 13.3. The van der Waals surface area contributed by atoms with Crippen LogP contribution in [0.15, 0.2) is 48.8 Å². The Morgan fingerprint density at radius 3 is 2.73 bits per heavy atom. The number of anilines is 1. The van der Waals surface area contributed by atoms with Crippen LogP contribution in [0.4, 0.5) is 10.2 Å². The first-order valence-corrected chi connectivity index (χ1v) is 9.18. The number of methoxy groups -OCH3 is 1. The second kappa shape index (κ2) is 7.86. The van der Waals surface area contributed by atoms with Gasteiger partial charge in [0.1, 0.15) is 18.0 Å². The molecule has 30 heavy (non-hydrogen) atoms. The average molecular weight is 410 g/mol. The third kappa shape index (κ3) is 3.69. The van der Waals surface area contributed by atoms with Crippen molar-refractivity contribution in [1.29, 1.82) is 0 Å². The molecule has 0 fully saturated rings. The van der Waals surface area contributed by atoms with Crippen molar-refractivity contribution in [1.82, 2.24) is 9.55 Å². The smallest absolute Gasteiger partial charge is 0.255 e. The van der Waals surface area contributed by atoms with Crippen LogP contribution in [0.3, 0.4) is 0 Å². The minimum atomic E-state index is -0.611. The fourth-order valence-corrected chi connectivity index (χ4v) is 3.45. The Morgan fingerprint density at radius 2 is 2.03 bits per heavy atom. The topological polar surface area (TPSA) is 108 Å². The summed E-state index contributed by atoms with van der Waals surface area (Å²) >= 11 is 0. The van der Waals surface area contributed by atoms with Crippen molar-refractivity contribution in [3.8, 4) is 17.2 Å². The predicted octanol–water partition coefficient (Wildman–Crippen LogP) is 2.36. The predicted molar refractivity (Wildman–Crippen MR) is 106 cm³/mol. The molecule has 3 aromatic rings. The number of nitrogens with one attached hydrogen (secondary N) is 1. The van der Waals surface area contributed by atoms with E-state index in [4.69, 9.17) is 15.2 Å². The van der Waals surface area contributed by atoms with Gasteiger partial charge in [-0.15, -0.1) is 0 Å². The summed E-state index contributed by atoms with van der Waals surface area (Å²) in [6, 6.07) is 11.1. The number of nitrogens with zero attached hydrogens (tertiary/aromatic N) is 2. The summed E-state index contributed by atoms with van der Waals surface area (Å²) in [4.78, 5) is 28.0. The summed E-state index contributed by atoms with van der Waals surface area (Å²) < 4.78 is 25.7. The zero-order valence-electron chi connectivity index (χ0n) is 16.1. The van der Waals surface area contributed by atoms with Crippen LogP contribution in [0, 0.1) is 5.82 Å². The van der Waals surface area contributed by atoms with E-state index in [0.717, 1.165) is 5.56 Å². The van der Waals surface area contributed by atoms with Gasteiger partial charge in [-0.25, -0.2) is 9.37 Å². The van der Waals surface area contributed by atoms with Crippen LogP contribution in [0.5, 0.6) is 11.5 Å². The normalized spacial score (nSPS) is 15.3. The monoisotopic (exact) mass is 410 g/mol. The molecule has 0 radical (unpaired) electrons. The Morgan fingerprint density at radius 1 is 1.27 bits per heavy atom. The summed E-state index contributed by atoms with van der Waals surface area (Å²) in [6.45, 7) is -0.296. The van der Waals surface area contributed by atoms with Gasteiger partial charge in [-0.3, -0.25) is 14.2 Å². The second-order valence-electron chi connectivity index (χ2n) is 6.80. The molecular formula is C21H19FN4O4. The van der Waals surface area contributed by atoms with E-state index in [1.807, 2.05) is 6.07 Å². The molecule has 2 amide bonds. The first kappa shape index (κ1) is 19.4. The van der Waals surface area contributed by atoms with Crippen molar-refractivity contribution in [2.24, 2.45) is 5.73 Å². The van der Waals surface area contributed by atoms with Crippen molar-refractivity contribution in [2.75, 3.05) is 19.0 Å². The van der Waals surface area contributed by atoms with E-state index < -0.39 is 5.91 Å². The molecule has 8 nitrogen and oxygen atoms in total. The highest BCUT2D eigenvalue weighted by atomic mass is 19.1. The van der Waals surface area contributed by atoms with E-state index >= 15 is 0 Å². The van der Waals surface area contributed by atoms with Crippen molar-refractivity contribution >= 4 is 17.6 Å². The number of carbonyl (C=O) groups excluding carboxylic acids is 2. The molecule has 1 aliphatic heterocycles. The molecule has 0 saturated carbocycles. The van der Waals surface area contributed by atoms with Gasteiger partial charge in [-0.05, 0) is 42.0 Å². The fraction of sp³-hybridized carbons (Fsp3) is 0.190. The Balaban J connectivity index is 1.73. The zero-order valence-corrected chi connectivity index (χ0v) is 16.1. The molecule has 0 bridgehead atoms. The van der Waals surface area contributed by atoms with Crippen LogP contribution in [-0.2, 0) is 9.59 Å². The molecule has 2 heterocycles. The van der Waals surface area contributed by atoms with E-state index in [9.17, 15) is 14.0 Å². The van der Waals surface area contributed by atoms with Crippen molar-refractivity contribution in [3.63, 3.8) is 0 Å². The average Bonchev–Trinajstić information content (AvgIpc) is 3.15. The van der Waals surface area contributed by atoms with E-state index in [0.29, 0.717) is 28.7 Å². The van der Waals surface area contributed by atoms with E-state index in [1.54, 1.807) is 35.2 Å². The summed E-state index contributed by atoms with van der Waals surface area (Å²) in [5.41, 5.74) is 7.29. The molecule has 9 heteroatoms. The van der Waals surface area contributed by atoms with Crippen molar-refractivity contribution in [2.45, 2.75) is 12.3 Å². The highest BCUT2D eigenvalue weighted by molar-refractivity contribution is 5.94. The maximum atomic E-state index is 13.3. The third-order valence-electron chi connectivity index (χ3n) is 4.84. The Kier molecular flexibility index (Phi) is 5.09. The lowest BCUT2D eigenvalue weighted by Gasteiger charge is -2.24. The lowest BCUT2D eigenvalue weighted by atomic mass is 9.89. The highest BCUT2D eigenvalue weighted by Gasteiger charge is 2.31. The largest absolute Gasteiger partial charge is 0.493 e. The number of benzene rings is 2. The van der Waals surface area contributed by atoms with Crippen molar-refractivity contribution < 1.29 is 23.5 Å². The standard InChI is InChI=1S/C21H19FN4O4/c1-29-16-7-2-12(8-17(16)30-10-18(23)27)15-9-19(28)25-21-20(15)24-11-26(21)14-5-3-13(22)4-6-14/h2-8,11,15H,9-10H2,1H3,(H2,23,27)(H,25,28). The van der Waals surface area contributed by atoms with Crippen LogP contribution >= 0.6 is 0 Å². The van der Waals surface area contributed by atoms with Gasteiger partial charge in [0.15, 0.2) is 18.1 Å². The molecule has 1 unspecified atom stereocenters. The number of imidazole rings is 1. The number of carbonyl (C=O) groups is 2. The first-order valence-electron chi connectivity index (χ1n) is 9.18. The number of amides is 2. The number of ether oxygens (including phenoxy) is 2. The lowest BCUT2D eigenvalue weighted by Crippen LogP contribution is -2.25.